The number of rotatable bonds is 9. The number of nitrogens with zero attached hydrogens (tertiary/aromatic N) is 2. The molecular weight excluding hydrogens is 238 g/mol. The summed E-state index contributed by atoms with van der Waals surface area (Å²) in [4.78, 5) is 4.85. The molecule has 0 aromatic carbocycles. The van der Waals surface area contributed by atoms with E-state index in [1.165, 1.54) is 19.3 Å². The molecule has 1 aliphatic rings. The Hall–Kier alpha value is -0.160. The first-order chi connectivity index (χ1) is 8.87. The minimum atomic E-state index is -0.128. The first-order valence-corrected chi connectivity index (χ1v) is 7.53. The number of likely N-dealkylation sites (N-methyl/N-ethyl adjacent to an activating group) is 3. The van der Waals surface area contributed by atoms with E-state index in [1.807, 2.05) is 7.05 Å². The Balaban J connectivity index is 2.30. The van der Waals surface area contributed by atoms with E-state index in [-0.39, 0.29) is 12.1 Å². The minimum absolute atomic E-state index is 0.128. The van der Waals surface area contributed by atoms with Gasteiger partial charge >= 0.3 is 0 Å². The van der Waals surface area contributed by atoms with Gasteiger partial charge in [-0.25, -0.2) is 0 Å². The Kier molecular flexibility index (Phi) is 6.24. The maximum Gasteiger partial charge on any atom is 0.0610 e. The topological polar surface area (TPSA) is 38.7 Å². The molecule has 0 aliphatic heterocycles. The molecule has 19 heavy (non-hydrogen) atoms. The van der Waals surface area contributed by atoms with Gasteiger partial charge in [-0.05, 0) is 73.8 Å². The summed E-state index contributed by atoms with van der Waals surface area (Å²) < 4.78 is 0. The predicted molar refractivity (Wildman–Crippen MR) is 81.6 cm³/mol. The standard InChI is InChI=1S/C15H33N3O/c1-14(13-19,16-2)8-7-11-18(5)12-15(17(3)4)9-6-10-15/h16,19H,6-13H2,1-5H3. The van der Waals surface area contributed by atoms with Crippen LogP contribution in [-0.4, -0.2) is 73.9 Å². The highest BCUT2D eigenvalue weighted by atomic mass is 16.3. The van der Waals surface area contributed by atoms with Crippen LogP contribution in [0.2, 0.25) is 0 Å². The fraction of sp³-hybridized carbons (Fsp3) is 1.00. The molecule has 1 fully saturated rings. The molecular formula is C15H33N3O. The minimum Gasteiger partial charge on any atom is -0.394 e. The second-order valence-electron chi connectivity index (χ2n) is 6.78. The molecule has 0 aromatic rings. The summed E-state index contributed by atoms with van der Waals surface area (Å²) in [6, 6.07) is 0. The van der Waals surface area contributed by atoms with Crippen molar-refractivity contribution in [1.29, 1.82) is 0 Å². The monoisotopic (exact) mass is 271 g/mol. The summed E-state index contributed by atoms with van der Waals surface area (Å²) in [5.41, 5.74) is 0.286. The van der Waals surface area contributed by atoms with E-state index in [9.17, 15) is 5.11 Å². The van der Waals surface area contributed by atoms with E-state index < -0.39 is 0 Å². The molecule has 1 atom stereocenters. The van der Waals surface area contributed by atoms with Crippen LogP contribution in [0.1, 0.15) is 39.0 Å². The molecule has 1 rings (SSSR count). The molecule has 4 heteroatoms. The first-order valence-electron chi connectivity index (χ1n) is 7.53. The van der Waals surface area contributed by atoms with Crippen LogP contribution in [0.3, 0.4) is 0 Å². The van der Waals surface area contributed by atoms with Gasteiger partial charge in [0.2, 0.25) is 0 Å². The zero-order valence-corrected chi connectivity index (χ0v) is 13.5. The SMILES string of the molecule is CNC(C)(CO)CCCN(C)CC1(N(C)C)CCC1. The van der Waals surface area contributed by atoms with Crippen LogP contribution in [0.25, 0.3) is 0 Å². The van der Waals surface area contributed by atoms with Crippen molar-refractivity contribution in [3.63, 3.8) is 0 Å². The molecule has 0 aromatic heterocycles. The van der Waals surface area contributed by atoms with E-state index in [0.717, 1.165) is 25.9 Å². The van der Waals surface area contributed by atoms with Gasteiger partial charge in [0.15, 0.2) is 0 Å². The molecule has 0 heterocycles. The van der Waals surface area contributed by atoms with Gasteiger partial charge in [0.25, 0.3) is 0 Å². The molecule has 1 aliphatic carbocycles. The lowest BCUT2D eigenvalue weighted by atomic mass is 9.75. The molecule has 0 spiro atoms. The molecule has 0 saturated heterocycles. The van der Waals surface area contributed by atoms with E-state index in [4.69, 9.17) is 0 Å². The Bertz CT molecular complexity index is 260. The lowest BCUT2D eigenvalue weighted by molar-refractivity contribution is 0.0268. The summed E-state index contributed by atoms with van der Waals surface area (Å²) in [5, 5.41) is 12.6. The van der Waals surface area contributed by atoms with E-state index in [2.05, 4.69) is 43.2 Å². The van der Waals surface area contributed by atoms with E-state index >= 15 is 0 Å². The summed E-state index contributed by atoms with van der Waals surface area (Å²) in [6.45, 7) is 4.55. The van der Waals surface area contributed by atoms with Crippen LogP contribution in [0.5, 0.6) is 0 Å². The van der Waals surface area contributed by atoms with Gasteiger partial charge in [0.1, 0.15) is 0 Å². The zero-order valence-electron chi connectivity index (χ0n) is 13.5. The average Bonchev–Trinajstić information content (AvgIpc) is 2.33. The third kappa shape index (κ3) is 4.42. The van der Waals surface area contributed by atoms with E-state index in [0.29, 0.717) is 5.54 Å². The summed E-state index contributed by atoms with van der Waals surface area (Å²) in [7, 11) is 8.56. The first kappa shape index (κ1) is 16.9. The quantitative estimate of drug-likeness (QED) is 0.660. The highest BCUT2D eigenvalue weighted by molar-refractivity contribution is 4.97. The Labute approximate surface area is 119 Å². The Morgan fingerprint density at radius 1 is 1.26 bits per heavy atom. The highest BCUT2D eigenvalue weighted by Crippen LogP contribution is 2.36. The van der Waals surface area contributed by atoms with Crippen LogP contribution in [-0.2, 0) is 0 Å². The van der Waals surface area contributed by atoms with Gasteiger partial charge in [-0.2, -0.15) is 0 Å². The third-order valence-corrected chi connectivity index (χ3v) is 5.02. The number of hydrogen-bond acceptors (Lipinski definition) is 4. The van der Waals surface area contributed by atoms with Crippen LogP contribution in [0.15, 0.2) is 0 Å². The fourth-order valence-electron chi connectivity index (χ4n) is 2.94. The second-order valence-corrected chi connectivity index (χ2v) is 6.78. The third-order valence-electron chi connectivity index (χ3n) is 5.02. The van der Waals surface area contributed by atoms with Crippen LogP contribution in [0, 0.1) is 0 Å². The summed E-state index contributed by atoms with van der Waals surface area (Å²) in [6.07, 6.45) is 6.16. The number of aliphatic hydroxyl groups is 1. The van der Waals surface area contributed by atoms with Gasteiger partial charge in [0, 0.05) is 17.6 Å². The van der Waals surface area contributed by atoms with Crippen molar-refractivity contribution >= 4 is 0 Å². The maximum absolute atomic E-state index is 9.37. The van der Waals surface area contributed by atoms with Crippen molar-refractivity contribution < 1.29 is 5.11 Å². The lowest BCUT2D eigenvalue weighted by Crippen LogP contribution is -2.56. The van der Waals surface area contributed by atoms with E-state index in [1.54, 1.807) is 0 Å². The molecule has 4 nitrogen and oxygen atoms in total. The van der Waals surface area contributed by atoms with Crippen molar-refractivity contribution in [3.8, 4) is 0 Å². The summed E-state index contributed by atoms with van der Waals surface area (Å²) in [5.74, 6) is 0. The van der Waals surface area contributed by atoms with Crippen LogP contribution >= 0.6 is 0 Å². The van der Waals surface area contributed by atoms with Gasteiger partial charge in [-0.3, -0.25) is 0 Å². The second kappa shape index (κ2) is 7.02. The molecule has 1 unspecified atom stereocenters. The van der Waals surface area contributed by atoms with Crippen molar-refractivity contribution in [2.24, 2.45) is 0 Å². The van der Waals surface area contributed by atoms with Crippen LogP contribution in [0.4, 0.5) is 0 Å². The van der Waals surface area contributed by atoms with Crippen LogP contribution < -0.4 is 5.32 Å². The Morgan fingerprint density at radius 3 is 2.26 bits per heavy atom. The molecule has 2 N–H and O–H groups in total. The smallest absolute Gasteiger partial charge is 0.0610 e. The number of hydrogen-bond donors (Lipinski definition) is 2. The van der Waals surface area contributed by atoms with Gasteiger partial charge in [-0.15, -0.1) is 0 Å². The largest absolute Gasteiger partial charge is 0.394 e. The summed E-state index contributed by atoms with van der Waals surface area (Å²) >= 11 is 0. The Morgan fingerprint density at radius 2 is 1.89 bits per heavy atom. The maximum atomic E-state index is 9.37. The van der Waals surface area contributed by atoms with Crippen molar-refractivity contribution in [2.75, 3.05) is 47.9 Å². The van der Waals surface area contributed by atoms with Gasteiger partial charge in [0.05, 0.1) is 6.61 Å². The highest BCUT2D eigenvalue weighted by Gasteiger charge is 2.39. The molecule has 0 radical (unpaired) electrons. The molecule has 0 amide bonds. The lowest BCUT2D eigenvalue weighted by Gasteiger charge is -2.49. The van der Waals surface area contributed by atoms with Crippen molar-refractivity contribution in [2.45, 2.75) is 50.1 Å². The van der Waals surface area contributed by atoms with Crippen molar-refractivity contribution in [3.05, 3.63) is 0 Å². The predicted octanol–water partition coefficient (Wildman–Crippen LogP) is 1.15. The molecule has 1 saturated carbocycles. The number of nitrogens with one attached hydrogen (secondary N) is 1. The number of aliphatic hydroxyl groups excluding tert-OH is 1. The average molecular weight is 271 g/mol. The molecule has 114 valence electrons. The normalized spacial score (nSPS) is 21.5. The van der Waals surface area contributed by atoms with Gasteiger partial charge < -0.3 is 20.2 Å². The fourth-order valence-corrected chi connectivity index (χ4v) is 2.94. The van der Waals surface area contributed by atoms with Crippen molar-refractivity contribution in [1.82, 2.24) is 15.1 Å². The zero-order chi connectivity index (χ0) is 14.5. The molecule has 0 bridgehead atoms. The van der Waals surface area contributed by atoms with Gasteiger partial charge in [-0.1, -0.05) is 0 Å².